The Morgan fingerprint density at radius 1 is 1.16 bits per heavy atom. The van der Waals surface area contributed by atoms with Gasteiger partial charge in [0.1, 0.15) is 18.5 Å². The molecule has 0 aliphatic rings. The number of para-hydroxylation sites is 2. The SMILES string of the molecule is CCOc1cc(/C=C(\C#N)c2nc3ccccc3[nH]2)cc(I)c1OCc1ccc(Cl)cc1. The lowest BCUT2D eigenvalue weighted by Crippen LogP contribution is -2.02. The van der Waals surface area contributed by atoms with E-state index in [4.69, 9.17) is 21.1 Å². The number of aromatic amines is 1. The number of hydrogen-bond donors (Lipinski definition) is 1. The zero-order valence-electron chi connectivity index (χ0n) is 17.2. The summed E-state index contributed by atoms with van der Waals surface area (Å²) < 4.78 is 12.8. The van der Waals surface area contributed by atoms with E-state index < -0.39 is 0 Å². The maximum absolute atomic E-state index is 9.75. The fourth-order valence-electron chi connectivity index (χ4n) is 3.21. The number of hydrogen-bond acceptors (Lipinski definition) is 4. The fourth-order valence-corrected chi connectivity index (χ4v) is 4.12. The van der Waals surface area contributed by atoms with Crippen LogP contribution in [-0.2, 0) is 6.61 Å². The molecule has 0 bridgehead atoms. The van der Waals surface area contributed by atoms with Gasteiger partial charge in [0.05, 0.1) is 26.8 Å². The molecule has 1 aromatic heterocycles. The highest BCUT2D eigenvalue weighted by molar-refractivity contribution is 14.1. The predicted octanol–water partition coefficient (Wildman–Crippen LogP) is 6.86. The molecule has 160 valence electrons. The highest BCUT2D eigenvalue weighted by atomic mass is 127. The second-order valence-corrected chi connectivity index (χ2v) is 8.55. The molecule has 0 spiro atoms. The van der Waals surface area contributed by atoms with E-state index in [9.17, 15) is 5.26 Å². The van der Waals surface area contributed by atoms with Crippen molar-refractivity contribution in [3.63, 3.8) is 0 Å². The Morgan fingerprint density at radius 3 is 2.66 bits per heavy atom. The highest BCUT2D eigenvalue weighted by Crippen LogP contribution is 2.36. The van der Waals surface area contributed by atoms with Gasteiger partial charge in [-0.2, -0.15) is 5.26 Å². The topological polar surface area (TPSA) is 70.9 Å². The van der Waals surface area contributed by atoms with Crippen LogP contribution in [0.2, 0.25) is 5.02 Å². The molecule has 1 N–H and O–H groups in total. The first-order valence-electron chi connectivity index (χ1n) is 9.98. The number of halogens is 2. The number of rotatable bonds is 7. The first kappa shape index (κ1) is 22.2. The first-order chi connectivity index (χ1) is 15.6. The molecule has 5 nitrogen and oxygen atoms in total. The van der Waals surface area contributed by atoms with Crippen molar-refractivity contribution in [2.45, 2.75) is 13.5 Å². The van der Waals surface area contributed by atoms with Gasteiger partial charge in [-0.25, -0.2) is 4.98 Å². The Kier molecular flexibility index (Phi) is 6.98. The average Bonchev–Trinajstić information content (AvgIpc) is 3.22. The van der Waals surface area contributed by atoms with E-state index in [0.29, 0.717) is 41.1 Å². The van der Waals surface area contributed by atoms with Gasteiger partial charge in [-0.05, 0) is 83.1 Å². The lowest BCUT2D eigenvalue weighted by Gasteiger charge is -2.15. The second-order valence-electron chi connectivity index (χ2n) is 6.95. The van der Waals surface area contributed by atoms with Crippen molar-refractivity contribution in [1.82, 2.24) is 9.97 Å². The maximum atomic E-state index is 9.75. The van der Waals surface area contributed by atoms with E-state index in [2.05, 4.69) is 38.6 Å². The Bertz CT molecular complexity index is 1290. The van der Waals surface area contributed by atoms with E-state index in [0.717, 1.165) is 25.7 Å². The molecule has 0 amide bonds. The molecule has 0 saturated carbocycles. The highest BCUT2D eigenvalue weighted by Gasteiger charge is 2.14. The van der Waals surface area contributed by atoms with Crippen molar-refractivity contribution in [1.29, 1.82) is 5.26 Å². The molecule has 0 atom stereocenters. The Balaban J connectivity index is 1.65. The second kappa shape index (κ2) is 10.1. The smallest absolute Gasteiger partial charge is 0.175 e. The number of imidazole rings is 1. The van der Waals surface area contributed by atoms with Gasteiger partial charge in [0.15, 0.2) is 11.5 Å². The predicted molar refractivity (Wildman–Crippen MR) is 136 cm³/mol. The van der Waals surface area contributed by atoms with Crippen LogP contribution in [0.15, 0.2) is 60.7 Å². The molecule has 4 aromatic rings. The molecule has 32 heavy (non-hydrogen) atoms. The van der Waals surface area contributed by atoms with Crippen molar-refractivity contribution in [2.75, 3.05) is 6.61 Å². The molecule has 1 heterocycles. The molecule has 0 aliphatic carbocycles. The number of allylic oxidation sites excluding steroid dienone is 1. The molecule has 0 aliphatic heterocycles. The molecule has 0 saturated heterocycles. The molecule has 7 heteroatoms. The summed E-state index contributed by atoms with van der Waals surface area (Å²) in [6, 6.07) is 21.3. The number of nitriles is 1. The van der Waals surface area contributed by atoms with Crippen LogP contribution in [0.4, 0.5) is 0 Å². The minimum absolute atomic E-state index is 0.394. The van der Waals surface area contributed by atoms with Crippen molar-refractivity contribution in [2.24, 2.45) is 0 Å². The number of nitrogens with one attached hydrogen (secondary N) is 1. The van der Waals surface area contributed by atoms with Crippen LogP contribution in [0.25, 0.3) is 22.7 Å². The van der Waals surface area contributed by atoms with Crippen LogP contribution in [0.3, 0.4) is 0 Å². The summed E-state index contributed by atoms with van der Waals surface area (Å²) in [4.78, 5) is 7.74. The van der Waals surface area contributed by atoms with Crippen LogP contribution in [-0.4, -0.2) is 16.6 Å². The van der Waals surface area contributed by atoms with Crippen LogP contribution in [0, 0.1) is 14.9 Å². The van der Waals surface area contributed by atoms with Gasteiger partial charge >= 0.3 is 0 Å². The third-order valence-electron chi connectivity index (χ3n) is 4.70. The van der Waals surface area contributed by atoms with Crippen molar-refractivity contribution in [3.05, 3.63) is 86.2 Å². The molecule has 0 unspecified atom stereocenters. The summed E-state index contributed by atoms with van der Waals surface area (Å²) in [6.07, 6.45) is 1.80. The average molecular weight is 556 g/mol. The Morgan fingerprint density at radius 2 is 1.94 bits per heavy atom. The normalized spacial score (nSPS) is 11.4. The van der Waals surface area contributed by atoms with Gasteiger partial charge in [0.2, 0.25) is 0 Å². The van der Waals surface area contributed by atoms with Gasteiger partial charge in [-0.3, -0.25) is 0 Å². The van der Waals surface area contributed by atoms with Crippen LogP contribution in [0.5, 0.6) is 11.5 Å². The molecular weight excluding hydrogens is 537 g/mol. The van der Waals surface area contributed by atoms with E-state index in [1.165, 1.54) is 0 Å². The fraction of sp³-hybridized carbons (Fsp3) is 0.120. The van der Waals surface area contributed by atoms with Crippen molar-refractivity contribution >= 4 is 56.9 Å². The van der Waals surface area contributed by atoms with Crippen molar-refractivity contribution < 1.29 is 9.47 Å². The van der Waals surface area contributed by atoms with Gasteiger partial charge in [0, 0.05) is 5.02 Å². The molecule has 3 aromatic carbocycles. The van der Waals surface area contributed by atoms with Gasteiger partial charge in [0.25, 0.3) is 0 Å². The Labute approximate surface area is 204 Å². The summed E-state index contributed by atoms with van der Waals surface area (Å²) in [5.74, 6) is 1.83. The first-order valence-corrected chi connectivity index (χ1v) is 11.4. The van der Waals surface area contributed by atoms with Gasteiger partial charge in [-0.1, -0.05) is 35.9 Å². The largest absolute Gasteiger partial charge is 0.490 e. The standard InChI is InChI=1S/C25H19ClIN3O2/c1-2-31-23-13-17(11-18(14-28)25-29-21-5-3-4-6-22(21)30-25)12-20(27)24(23)32-15-16-7-9-19(26)10-8-16/h3-13H,2,15H2,1H3,(H,29,30)/b18-11+. The van der Waals surface area contributed by atoms with Crippen molar-refractivity contribution in [3.8, 4) is 17.6 Å². The van der Waals surface area contributed by atoms with E-state index in [-0.39, 0.29) is 0 Å². The number of fused-ring (bicyclic) bond motifs is 1. The maximum Gasteiger partial charge on any atom is 0.175 e. The Hall–Kier alpha value is -3.02. The summed E-state index contributed by atoms with van der Waals surface area (Å²) in [6.45, 7) is 2.81. The van der Waals surface area contributed by atoms with Crippen LogP contribution >= 0.6 is 34.2 Å². The molecule has 0 radical (unpaired) electrons. The lowest BCUT2D eigenvalue weighted by molar-refractivity contribution is 0.267. The minimum Gasteiger partial charge on any atom is -0.490 e. The number of ether oxygens (including phenoxy) is 2. The van der Waals surface area contributed by atoms with Crippen LogP contribution < -0.4 is 9.47 Å². The molecule has 4 rings (SSSR count). The van der Waals surface area contributed by atoms with Crippen LogP contribution in [0.1, 0.15) is 23.9 Å². The number of H-pyrrole nitrogens is 1. The molecule has 0 fully saturated rings. The summed E-state index contributed by atoms with van der Waals surface area (Å²) in [7, 11) is 0. The third-order valence-corrected chi connectivity index (χ3v) is 5.76. The molecular formula is C25H19ClIN3O2. The lowest BCUT2D eigenvalue weighted by atomic mass is 10.1. The zero-order chi connectivity index (χ0) is 22.5. The van der Waals surface area contributed by atoms with Gasteiger partial charge in [-0.15, -0.1) is 0 Å². The summed E-state index contributed by atoms with van der Waals surface area (Å²) in [5, 5.41) is 10.4. The number of aromatic nitrogens is 2. The quantitative estimate of drug-likeness (QED) is 0.200. The van der Waals surface area contributed by atoms with E-state index in [1.807, 2.05) is 67.6 Å². The number of nitrogens with zero attached hydrogens (tertiary/aromatic N) is 2. The number of benzene rings is 3. The minimum atomic E-state index is 0.394. The summed E-state index contributed by atoms with van der Waals surface area (Å²) >= 11 is 8.18. The summed E-state index contributed by atoms with van der Waals surface area (Å²) in [5.41, 5.74) is 3.98. The van der Waals surface area contributed by atoms with E-state index in [1.54, 1.807) is 6.08 Å². The monoisotopic (exact) mass is 555 g/mol. The third kappa shape index (κ3) is 5.06. The zero-order valence-corrected chi connectivity index (χ0v) is 20.1. The van der Waals surface area contributed by atoms with Gasteiger partial charge < -0.3 is 14.5 Å². The van der Waals surface area contributed by atoms with E-state index >= 15 is 0 Å².